The van der Waals surface area contributed by atoms with Gasteiger partial charge in [-0.25, -0.2) is 8.42 Å². The average Bonchev–Trinajstić information content (AvgIpc) is 2.72. The number of sulfonamides is 1. The van der Waals surface area contributed by atoms with Crippen LogP contribution in [0.15, 0.2) is 71.6 Å². The van der Waals surface area contributed by atoms with E-state index in [0.29, 0.717) is 11.4 Å². The minimum Gasteiger partial charge on any atom is -0.326 e. The number of benzene rings is 3. The van der Waals surface area contributed by atoms with E-state index in [4.69, 9.17) is 0 Å². The zero-order valence-electron chi connectivity index (χ0n) is 16.9. The van der Waals surface area contributed by atoms with Crippen molar-refractivity contribution in [3.05, 3.63) is 66.7 Å². The molecule has 0 aliphatic carbocycles. The molecule has 2 N–H and O–H groups in total. The molecule has 0 heterocycles. The van der Waals surface area contributed by atoms with Crippen molar-refractivity contribution in [1.29, 1.82) is 0 Å². The van der Waals surface area contributed by atoms with Crippen molar-refractivity contribution in [2.45, 2.75) is 24.8 Å². The van der Waals surface area contributed by atoms with Gasteiger partial charge < -0.3 is 10.2 Å². The van der Waals surface area contributed by atoms with Gasteiger partial charge in [0.1, 0.15) is 0 Å². The number of hydrogen-bond donors (Lipinski definition) is 2. The van der Waals surface area contributed by atoms with Crippen molar-refractivity contribution in [3.8, 4) is 0 Å². The van der Waals surface area contributed by atoms with E-state index in [-0.39, 0.29) is 16.7 Å². The molecule has 1 atom stereocenters. The maximum Gasteiger partial charge on any atom is 0.244 e. The number of carbonyl (C=O) groups excluding carboxylic acids is 2. The fourth-order valence-corrected chi connectivity index (χ4v) is 4.27. The van der Waals surface area contributed by atoms with Crippen molar-refractivity contribution in [1.82, 2.24) is 4.72 Å². The first-order chi connectivity index (χ1) is 14.2. The summed E-state index contributed by atoms with van der Waals surface area (Å²) in [5.41, 5.74) is 1.16. The monoisotopic (exact) mass is 425 g/mol. The number of nitrogens with one attached hydrogen (secondary N) is 2. The van der Waals surface area contributed by atoms with E-state index in [9.17, 15) is 18.0 Å². The second-order valence-electron chi connectivity index (χ2n) is 6.98. The molecule has 8 heteroatoms. The van der Waals surface area contributed by atoms with Gasteiger partial charge in [-0.3, -0.25) is 9.59 Å². The number of fused-ring (bicyclic) bond motifs is 1. The SMILES string of the molecule is CC(=O)Nc1ccc(S(=O)(=O)N[C@@H](C)C(=O)N(C)c2ccc3ccccc3c2)cc1. The van der Waals surface area contributed by atoms with Crippen molar-refractivity contribution in [2.24, 2.45) is 0 Å². The van der Waals surface area contributed by atoms with Gasteiger partial charge in [0.05, 0.1) is 10.9 Å². The van der Waals surface area contributed by atoms with Crippen LogP contribution in [0.5, 0.6) is 0 Å². The number of hydrogen-bond acceptors (Lipinski definition) is 4. The van der Waals surface area contributed by atoms with Gasteiger partial charge in [-0.15, -0.1) is 0 Å². The highest BCUT2D eigenvalue weighted by atomic mass is 32.2. The Labute approximate surface area is 175 Å². The molecule has 7 nitrogen and oxygen atoms in total. The maximum absolute atomic E-state index is 12.8. The molecule has 30 heavy (non-hydrogen) atoms. The summed E-state index contributed by atoms with van der Waals surface area (Å²) in [4.78, 5) is 25.3. The normalized spacial score (nSPS) is 12.4. The van der Waals surface area contributed by atoms with Crippen LogP contribution in [0.4, 0.5) is 11.4 Å². The van der Waals surface area contributed by atoms with Gasteiger partial charge >= 0.3 is 0 Å². The van der Waals surface area contributed by atoms with E-state index in [0.717, 1.165) is 10.8 Å². The minimum absolute atomic E-state index is 0.00427. The lowest BCUT2D eigenvalue weighted by molar-refractivity contribution is -0.119. The summed E-state index contributed by atoms with van der Waals surface area (Å²) in [6.45, 7) is 2.87. The largest absolute Gasteiger partial charge is 0.326 e. The van der Waals surface area contributed by atoms with Crippen molar-refractivity contribution in [3.63, 3.8) is 0 Å². The van der Waals surface area contributed by atoms with Gasteiger partial charge in [-0.2, -0.15) is 4.72 Å². The number of likely N-dealkylation sites (N-methyl/N-ethyl adjacent to an activating group) is 1. The van der Waals surface area contributed by atoms with E-state index < -0.39 is 16.1 Å². The summed E-state index contributed by atoms with van der Waals surface area (Å²) < 4.78 is 27.7. The minimum atomic E-state index is -3.91. The number of nitrogens with zero attached hydrogens (tertiary/aromatic N) is 1. The molecule has 0 radical (unpaired) electrons. The highest BCUT2D eigenvalue weighted by Gasteiger charge is 2.25. The van der Waals surface area contributed by atoms with Gasteiger partial charge in [-0.05, 0) is 54.1 Å². The molecule has 3 rings (SSSR count). The molecule has 3 aromatic rings. The van der Waals surface area contributed by atoms with E-state index >= 15 is 0 Å². The highest BCUT2D eigenvalue weighted by molar-refractivity contribution is 7.89. The van der Waals surface area contributed by atoms with Gasteiger partial charge in [0.15, 0.2) is 0 Å². The van der Waals surface area contributed by atoms with Crippen LogP contribution >= 0.6 is 0 Å². The van der Waals surface area contributed by atoms with E-state index in [1.165, 1.54) is 43.0 Å². The Morgan fingerprint density at radius 3 is 2.20 bits per heavy atom. The number of rotatable bonds is 6. The van der Waals surface area contributed by atoms with Crippen molar-refractivity contribution in [2.75, 3.05) is 17.3 Å². The van der Waals surface area contributed by atoms with Gasteiger partial charge in [-0.1, -0.05) is 30.3 Å². The molecule has 0 saturated heterocycles. The zero-order valence-corrected chi connectivity index (χ0v) is 17.7. The van der Waals surface area contributed by atoms with E-state index in [1.807, 2.05) is 42.5 Å². The summed E-state index contributed by atoms with van der Waals surface area (Å²) in [7, 11) is -2.30. The first kappa shape index (κ1) is 21.5. The van der Waals surface area contributed by atoms with Gasteiger partial charge in [0.2, 0.25) is 21.8 Å². The summed E-state index contributed by atoms with van der Waals surface area (Å²) in [5, 5.41) is 4.62. The first-order valence-corrected chi connectivity index (χ1v) is 10.8. The lowest BCUT2D eigenvalue weighted by atomic mass is 10.1. The third kappa shape index (κ3) is 4.84. The Bertz CT molecular complexity index is 1190. The summed E-state index contributed by atoms with van der Waals surface area (Å²) in [6, 6.07) is 18.2. The molecule has 0 fully saturated rings. The fraction of sp³-hybridized carbons (Fsp3) is 0.182. The second kappa shape index (κ2) is 8.64. The lowest BCUT2D eigenvalue weighted by Gasteiger charge is -2.22. The molecular formula is C22H23N3O4S. The van der Waals surface area contributed by atoms with Crippen LogP contribution in [0.2, 0.25) is 0 Å². The molecule has 2 amide bonds. The first-order valence-electron chi connectivity index (χ1n) is 9.34. The van der Waals surface area contributed by atoms with Crippen LogP contribution in [-0.4, -0.2) is 33.3 Å². The van der Waals surface area contributed by atoms with Crippen LogP contribution in [0.25, 0.3) is 10.8 Å². The third-order valence-corrected chi connectivity index (χ3v) is 6.19. The zero-order chi connectivity index (χ0) is 21.9. The van der Waals surface area contributed by atoms with Crippen LogP contribution < -0.4 is 14.9 Å². The Balaban J connectivity index is 1.73. The van der Waals surface area contributed by atoms with Crippen molar-refractivity contribution < 1.29 is 18.0 Å². The molecule has 3 aromatic carbocycles. The van der Waals surface area contributed by atoms with Gasteiger partial charge in [0, 0.05) is 25.3 Å². The molecule has 0 aliphatic rings. The maximum atomic E-state index is 12.8. The van der Waals surface area contributed by atoms with Crippen LogP contribution in [0.1, 0.15) is 13.8 Å². The third-order valence-electron chi connectivity index (χ3n) is 4.64. The number of amides is 2. The Morgan fingerprint density at radius 2 is 1.57 bits per heavy atom. The summed E-state index contributed by atoms with van der Waals surface area (Å²) in [6.07, 6.45) is 0. The Hall–Kier alpha value is -3.23. The van der Waals surface area contributed by atoms with Crippen LogP contribution in [-0.2, 0) is 19.6 Å². The quantitative estimate of drug-likeness (QED) is 0.634. The number of anilines is 2. The fourth-order valence-electron chi connectivity index (χ4n) is 3.07. The molecule has 0 aromatic heterocycles. The smallest absolute Gasteiger partial charge is 0.244 e. The van der Waals surface area contributed by atoms with Crippen LogP contribution in [0.3, 0.4) is 0 Å². The lowest BCUT2D eigenvalue weighted by Crippen LogP contribution is -2.45. The second-order valence-corrected chi connectivity index (χ2v) is 8.69. The number of carbonyl (C=O) groups is 2. The molecular weight excluding hydrogens is 402 g/mol. The average molecular weight is 426 g/mol. The summed E-state index contributed by atoms with van der Waals surface area (Å²) in [5.74, 6) is -0.636. The topological polar surface area (TPSA) is 95.6 Å². The Kier molecular flexibility index (Phi) is 6.19. The molecule has 156 valence electrons. The molecule has 0 aliphatic heterocycles. The Morgan fingerprint density at radius 1 is 0.933 bits per heavy atom. The predicted molar refractivity (Wildman–Crippen MR) is 118 cm³/mol. The predicted octanol–water partition coefficient (Wildman–Crippen LogP) is 3.13. The van der Waals surface area contributed by atoms with Crippen molar-refractivity contribution >= 4 is 44.0 Å². The molecule has 0 saturated carbocycles. The standard InChI is InChI=1S/C22H23N3O4S/c1-15(24-30(28,29)21-12-9-19(10-13-21)23-16(2)26)22(27)25(3)20-11-8-17-6-4-5-7-18(17)14-20/h4-15,24H,1-3H3,(H,23,26)/t15-/m0/s1. The van der Waals surface area contributed by atoms with Crippen LogP contribution in [0, 0.1) is 0 Å². The molecule has 0 unspecified atom stereocenters. The van der Waals surface area contributed by atoms with E-state index in [2.05, 4.69) is 10.0 Å². The van der Waals surface area contributed by atoms with Gasteiger partial charge in [0.25, 0.3) is 0 Å². The van der Waals surface area contributed by atoms with E-state index in [1.54, 1.807) is 7.05 Å². The highest BCUT2D eigenvalue weighted by Crippen LogP contribution is 2.22. The molecule has 0 bridgehead atoms. The molecule has 0 spiro atoms. The summed E-state index contributed by atoms with van der Waals surface area (Å²) >= 11 is 0.